The number of nitrogens with one attached hydrogen (secondary N) is 2. The van der Waals surface area contributed by atoms with Gasteiger partial charge in [-0.05, 0) is 43.0 Å². The van der Waals surface area contributed by atoms with Crippen LogP contribution in [0, 0.1) is 5.41 Å². The number of H-pyrrole nitrogens is 1. The van der Waals surface area contributed by atoms with Crippen LogP contribution in [0.2, 0.25) is 0 Å². The number of halogens is 3. The second-order valence-corrected chi connectivity index (χ2v) is 6.33. The fourth-order valence-corrected chi connectivity index (χ4v) is 3.02. The van der Waals surface area contributed by atoms with E-state index in [1.807, 2.05) is 0 Å². The Morgan fingerprint density at radius 2 is 2.05 bits per heavy atom. The molecule has 1 aliphatic rings. The molecule has 2 heterocycles. The maximum absolute atomic E-state index is 12.8. The van der Waals surface area contributed by atoms with Crippen LogP contribution < -0.4 is 5.32 Å². The number of fused-ring (bicyclic) bond motifs is 1. The quantitative estimate of drug-likeness (QED) is 0.834. The van der Waals surface area contributed by atoms with E-state index in [-0.39, 0.29) is 11.5 Å². The van der Waals surface area contributed by atoms with Crippen molar-refractivity contribution in [3.8, 4) is 0 Å². The first kappa shape index (κ1) is 14.4. The highest BCUT2D eigenvalue weighted by molar-refractivity contribution is 5.76. The third-order valence-corrected chi connectivity index (χ3v) is 4.23. The summed E-state index contributed by atoms with van der Waals surface area (Å²) in [4.78, 5) is 7.53. The van der Waals surface area contributed by atoms with Crippen LogP contribution in [0.3, 0.4) is 0 Å². The zero-order valence-corrected chi connectivity index (χ0v) is 12.0. The summed E-state index contributed by atoms with van der Waals surface area (Å²) >= 11 is 0. The minimum atomic E-state index is -4.33. The first-order chi connectivity index (χ1) is 9.77. The molecule has 0 amide bonds. The third-order valence-electron chi connectivity index (χ3n) is 4.23. The fourth-order valence-electron chi connectivity index (χ4n) is 3.02. The number of hydrogen-bond acceptors (Lipinski definition) is 2. The molecule has 21 heavy (non-hydrogen) atoms. The Morgan fingerprint density at radius 1 is 1.29 bits per heavy atom. The minimum absolute atomic E-state index is 0.0268. The Balaban J connectivity index is 2.01. The molecule has 114 valence electrons. The smallest absolute Gasteiger partial charge is 0.341 e. The number of aromatic amines is 1. The topological polar surface area (TPSA) is 40.7 Å². The van der Waals surface area contributed by atoms with Gasteiger partial charge >= 0.3 is 6.18 Å². The van der Waals surface area contributed by atoms with Gasteiger partial charge in [0.25, 0.3) is 0 Å². The molecule has 0 bridgehead atoms. The van der Waals surface area contributed by atoms with Gasteiger partial charge in [0, 0.05) is 0 Å². The molecule has 1 unspecified atom stereocenters. The van der Waals surface area contributed by atoms with E-state index in [4.69, 9.17) is 0 Å². The molecule has 0 saturated carbocycles. The predicted molar refractivity (Wildman–Crippen MR) is 74.9 cm³/mol. The summed E-state index contributed by atoms with van der Waals surface area (Å²) in [7, 11) is 0. The number of hydrogen-bond donors (Lipinski definition) is 2. The largest absolute Gasteiger partial charge is 0.416 e. The Bertz CT molecular complexity index is 658. The van der Waals surface area contributed by atoms with Crippen molar-refractivity contribution in [1.29, 1.82) is 0 Å². The van der Waals surface area contributed by atoms with Gasteiger partial charge in [0.05, 0.1) is 22.6 Å². The molecule has 1 saturated heterocycles. The highest BCUT2D eigenvalue weighted by Crippen LogP contribution is 2.39. The van der Waals surface area contributed by atoms with E-state index in [0.717, 1.165) is 31.5 Å². The van der Waals surface area contributed by atoms with Crippen LogP contribution in [0.15, 0.2) is 18.2 Å². The Hall–Kier alpha value is -1.56. The zero-order chi connectivity index (χ0) is 15.3. The summed E-state index contributed by atoms with van der Waals surface area (Å²) in [5.41, 5.74) is 0.379. The minimum Gasteiger partial charge on any atom is -0.341 e. The van der Waals surface area contributed by atoms with Crippen LogP contribution in [-0.4, -0.2) is 16.5 Å². The van der Waals surface area contributed by atoms with Gasteiger partial charge in [-0.3, -0.25) is 0 Å². The number of piperidine rings is 1. The van der Waals surface area contributed by atoms with E-state index in [2.05, 4.69) is 29.1 Å². The van der Waals surface area contributed by atoms with Gasteiger partial charge in [0.15, 0.2) is 0 Å². The molecule has 1 aliphatic heterocycles. The lowest BCUT2D eigenvalue weighted by atomic mass is 9.77. The average Bonchev–Trinajstić information content (AvgIpc) is 2.79. The highest BCUT2D eigenvalue weighted by Gasteiger charge is 2.35. The summed E-state index contributed by atoms with van der Waals surface area (Å²) in [6, 6.07) is 3.66. The lowest BCUT2D eigenvalue weighted by Crippen LogP contribution is -2.40. The number of alkyl halides is 3. The van der Waals surface area contributed by atoms with Gasteiger partial charge in [0.1, 0.15) is 5.82 Å². The number of nitrogens with zero attached hydrogens (tertiary/aromatic N) is 1. The highest BCUT2D eigenvalue weighted by atomic mass is 19.4. The molecule has 2 aromatic rings. The molecule has 2 N–H and O–H groups in total. The number of aromatic nitrogens is 2. The van der Waals surface area contributed by atoms with Crippen LogP contribution in [0.5, 0.6) is 0 Å². The molecule has 3 nitrogen and oxygen atoms in total. The van der Waals surface area contributed by atoms with Crippen molar-refractivity contribution < 1.29 is 13.2 Å². The maximum Gasteiger partial charge on any atom is 0.416 e. The molecule has 0 spiro atoms. The van der Waals surface area contributed by atoms with E-state index in [1.165, 1.54) is 6.07 Å². The first-order valence-electron chi connectivity index (χ1n) is 7.08. The second kappa shape index (κ2) is 4.73. The summed E-state index contributed by atoms with van der Waals surface area (Å²) in [5.74, 6) is 0.717. The normalized spacial score (nSPS) is 22.6. The molecule has 1 aromatic heterocycles. The number of imidazole rings is 1. The Morgan fingerprint density at radius 3 is 2.71 bits per heavy atom. The van der Waals surface area contributed by atoms with Gasteiger partial charge in [-0.1, -0.05) is 13.8 Å². The maximum atomic E-state index is 12.8. The van der Waals surface area contributed by atoms with Gasteiger partial charge in [-0.2, -0.15) is 13.2 Å². The average molecular weight is 297 g/mol. The van der Waals surface area contributed by atoms with Crippen LogP contribution in [0.1, 0.15) is 44.1 Å². The molecule has 1 aromatic carbocycles. The summed E-state index contributed by atoms with van der Waals surface area (Å²) in [6.45, 7) is 5.20. The molecule has 1 atom stereocenters. The molecule has 0 aliphatic carbocycles. The first-order valence-corrected chi connectivity index (χ1v) is 7.08. The van der Waals surface area contributed by atoms with Gasteiger partial charge in [-0.15, -0.1) is 0 Å². The van der Waals surface area contributed by atoms with E-state index in [9.17, 15) is 13.2 Å². The monoisotopic (exact) mass is 297 g/mol. The van der Waals surface area contributed by atoms with Gasteiger partial charge < -0.3 is 10.3 Å². The lowest BCUT2D eigenvalue weighted by Gasteiger charge is -2.38. The molecule has 1 fully saturated rings. The molecule has 0 radical (unpaired) electrons. The van der Waals surface area contributed by atoms with E-state index >= 15 is 0 Å². The summed E-state index contributed by atoms with van der Waals surface area (Å²) in [5, 5.41) is 3.42. The lowest BCUT2D eigenvalue weighted by molar-refractivity contribution is -0.137. The molecule has 3 rings (SSSR count). The zero-order valence-electron chi connectivity index (χ0n) is 12.0. The predicted octanol–water partition coefficient (Wildman–Crippen LogP) is 4.03. The van der Waals surface area contributed by atoms with Gasteiger partial charge in [0.2, 0.25) is 0 Å². The van der Waals surface area contributed by atoms with Crippen molar-refractivity contribution in [3.05, 3.63) is 29.6 Å². The fraction of sp³-hybridized carbons (Fsp3) is 0.533. The Labute approximate surface area is 121 Å². The number of rotatable bonds is 1. The van der Waals surface area contributed by atoms with Crippen LogP contribution >= 0.6 is 0 Å². The molecular weight excluding hydrogens is 279 g/mol. The van der Waals surface area contributed by atoms with Crippen molar-refractivity contribution >= 4 is 11.0 Å². The summed E-state index contributed by atoms with van der Waals surface area (Å²) < 4.78 is 38.3. The van der Waals surface area contributed by atoms with Crippen LogP contribution in [0.4, 0.5) is 13.2 Å². The molecular formula is C15H18F3N3. The Kier molecular flexibility index (Phi) is 3.24. The van der Waals surface area contributed by atoms with E-state index < -0.39 is 11.7 Å². The van der Waals surface area contributed by atoms with Crippen molar-refractivity contribution in [2.45, 2.75) is 38.9 Å². The molecule has 6 heteroatoms. The number of benzene rings is 1. The van der Waals surface area contributed by atoms with Crippen LogP contribution in [0.25, 0.3) is 11.0 Å². The van der Waals surface area contributed by atoms with E-state index in [0.29, 0.717) is 16.9 Å². The second-order valence-electron chi connectivity index (χ2n) is 6.33. The summed E-state index contributed by atoms with van der Waals surface area (Å²) in [6.07, 6.45) is -2.17. The van der Waals surface area contributed by atoms with Crippen LogP contribution in [-0.2, 0) is 6.18 Å². The SMILES string of the molecule is CC1(C)CCCNC1c1nc2ccc(C(F)(F)F)cc2[nH]1. The van der Waals surface area contributed by atoms with Crippen molar-refractivity contribution in [1.82, 2.24) is 15.3 Å². The third kappa shape index (κ3) is 2.64. The van der Waals surface area contributed by atoms with Gasteiger partial charge in [-0.25, -0.2) is 4.98 Å². The van der Waals surface area contributed by atoms with Crippen molar-refractivity contribution in [3.63, 3.8) is 0 Å². The van der Waals surface area contributed by atoms with Crippen molar-refractivity contribution in [2.75, 3.05) is 6.54 Å². The standard InChI is InChI=1S/C15H18F3N3/c1-14(2)6-3-7-19-12(14)13-20-10-5-4-9(15(16,17)18)8-11(10)21-13/h4-5,8,12,19H,3,6-7H2,1-2H3,(H,20,21). The van der Waals surface area contributed by atoms with Crippen molar-refractivity contribution in [2.24, 2.45) is 5.41 Å². The van der Waals surface area contributed by atoms with E-state index in [1.54, 1.807) is 0 Å².